The Morgan fingerprint density at radius 3 is 2.23 bits per heavy atom. The molecule has 0 aliphatic heterocycles. The number of hydrogen-bond donors (Lipinski definition) is 1. The summed E-state index contributed by atoms with van der Waals surface area (Å²) in [7, 11) is -2.49. The number of alkyl halides is 3. The van der Waals surface area contributed by atoms with Gasteiger partial charge < -0.3 is 9.47 Å². The largest absolute Gasteiger partial charge is 0.497 e. The van der Waals surface area contributed by atoms with Crippen molar-refractivity contribution in [2.75, 3.05) is 13.7 Å². The summed E-state index contributed by atoms with van der Waals surface area (Å²) in [5.74, 6) is 0.656. The highest BCUT2D eigenvalue weighted by Gasteiger charge is 2.34. The van der Waals surface area contributed by atoms with E-state index in [2.05, 4.69) is 11.3 Å². The molecule has 30 heavy (non-hydrogen) atoms. The van der Waals surface area contributed by atoms with Gasteiger partial charge in [-0.1, -0.05) is 36.4 Å². The van der Waals surface area contributed by atoms with Crippen molar-refractivity contribution in [1.82, 2.24) is 4.72 Å². The molecular weight excluding hydrogens is 419 g/mol. The van der Waals surface area contributed by atoms with Crippen LogP contribution in [0.1, 0.15) is 17.5 Å². The molecule has 2 aromatic rings. The fraction of sp³-hybridized carbons (Fsp3) is 0.333. The van der Waals surface area contributed by atoms with Crippen molar-refractivity contribution in [1.29, 1.82) is 0 Å². The van der Waals surface area contributed by atoms with Crippen molar-refractivity contribution in [2.24, 2.45) is 0 Å². The highest BCUT2D eigenvalue weighted by Crippen LogP contribution is 2.28. The molecule has 0 bridgehead atoms. The molecule has 0 saturated heterocycles. The molecular formula is C21H24F3NO4S. The summed E-state index contributed by atoms with van der Waals surface area (Å²) in [4.78, 5) is -0.0362. The molecule has 0 heterocycles. The number of benzene rings is 2. The summed E-state index contributed by atoms with van der Waals surface area (Å²) in [6.07, 6.45) is -5.25. The average Bonchev–Trinajstić information content (AvgIpc) is 2.67. The highest BCUT2D eigenvalue weighted by molar-refractivity contribution is 7.89. The van der Waals surface area contributed by atoms with Gasteiger partial charge in [0.1, 0.15) is 5.75 Å². The van der Waals surface area contributed by atoms with Gasteiger partial charge >= 0.3 is 6.18 Å². The third-order valence-corrected chi connectivity index (χ3v) is 5.83. The zero-order valence-corrected chi connectivity index (χ0v) is 17.5. The zero-order chi connectivity index (χ0) is 22.4. The molecule has 0 saturated carbocycles. The van der Waals surface area contributed by atoms with Gasteiger partial charge in [0, 0.05) is 11.6 Å². The van der Waals surface area contributed by atoms with Crippen molar-refractivity contribution in [3.63, 3.8) is 0 Å². The Morgan fingerprint density at radius 1 is 1.10 bits per heavy atom. The molecule has 0 unspecified atom stereocenters. The van der Waals surface area contributed by atoms with Gasteiger partial charge in [-0.3, -0.25) is 0 Å². The van der Waals surface area contributed by atoms with Gasteiger partial charge in [-0.25, -0.2) is 13.1 Å². The van der Waals surface area contributed by atoms with Gasteiger partial charge in [-0.05, 0) is 43.2 Å². The lowest BCUT2D eigenvalue weighted by atomic mass is 10.1. The van der Waals surface area contributed by atoms with E-state index in [1.54, 1.807) is 43.3 Å². The maximum atomic E-state index is 12.9. The molecule has 5 nitrogen and oxygen atoms in total. The number of sulfonamides is 1. The van der Waals surface area contributed by atoms with Gasteiger partial charge in [0.2, 0.25) is 10.0 Å². The second kappa shape index (κ2) is 10.1. The van der Waals surface area contributed by atoms with Crippen LogP contribution in [0.2, 0.25) is 0 Å². The molecule has 0 aromatic heterocycles. The first-order valence-electron chi connectivity index (χ1n) is 9.06. The molecule has 0 aliphatic rings. The fourth-order valence-electron chi connectivity index (χ4n) is 2.59. The average molecular weight is 443 g/mol. The van der Waals surface area contributed by atoms with Gasteiger partial charge in [0.05, 0.1) is 25.2 Å². The van der Waals surface area contributed by atoms with Crippen molar-refractivity contribution in [2.45, 2.75) is 37.1 Å². The van der Waals surface area contributed by atoms with E-state index in [4.69, 9.17) is 9.47 Å². The number of nitrogens with one attached hydrogen (secondary N) is 1. The van der Waals surface area contributed by atoms with Crippen LogP contribution in [0.15, 0.2) is 65.6 Å². The Labute approximate surface area is 174 Å². The minimum absolute atomic E-state index is 0.0362. The summed E-state index contributed by atoms with van der Waals surface area (Å²) in [5.41, 5.74) is 0.594. The van der Waals surface area contributed by atoms with Crippen LogP contribution in [-0.4, -0.2) is 34.4 Å². The minimum Gasteiger partial charge on any atom is -0.497 e. The van der Waals surface area contributed by atoms with E-state index >= 15 is 0 Å². The highest BCUT2D eigenvalue weighted by atomic mass is 32.2. The second-order valence-corrected chi connectivity index (χ2v) is 8.51. The topological polar surface area (TPSA) is 64.6 Å². The lowest BCUT2D eigenvalue weighted by Crippen LogP contribution is -2.39. The molecule has 1 atom stereocenters. The van der Waals surface area contributed by atoms with Gasteiger partial charge in [0.25, 0.3) is 0 Å². The summed E-state index contributed by atoms with van der Waals surface area (Å²) in [5, 5.41) is 0. The summed E-state index contributed by atoms with van der Waals surface area (Å²) in [6, 6.07) is 11.8. The summed E-state index contributed by atoms with van der Waals surface area (Å²) < 4.78 is 76.9. The predicted molar refractivity (Wildman–Crippen MR) is 108 cm³/mol. The van der Waals surface area contributed by atoms with Gasteiger partial charge in [-0.15, -0.1) is 0 Å². The normalized spacial score (nSPS) is 13.1. The first kappa shape index (κ1) is 23.9. The first-order chi connectivity index (χ1) is 14.0. The molecule has 0 radical (unpaired) electrons. The molecule has 0 amide bonds. The van der Waals surface area contributed by atoms with Crippen LogP contribution in [-0.2, 0) is 21.4 Å². The van der Waals surface area contributed by atoms with Crippen LogP contribution in [0.3, 0.4) is 0 Å². The number of halogens is 3. The van der Waals surface area contributed by atoms with Crippen molar-refractivity contribution < 1.29 is 31.1 Å². The third-order valence-electron chi connectivity index (χ3n) is 4.29. The third kappa shape index (κ3) is 7.16. The lowest BCUT2D eigenvalue weighted by Gasteiger charge is -2.21. The number of hydrogen-bond acceptors (Lipinski definition) is 4. The molecule has 0 spiro atoms. The smallest absolute Gasteiger partial charge is 0.412 e. The number of ether oxygens (including phenoxy) is 2. The predicted octanol–water partition coefficient (Wildman–Crippen LogP) is 4.38. The molecule has 9 heteroatoms. The molecule has 0 fully saturated rings. The Morgan fingerprint density at radius 2 is 1.70 bits per heavy atom. The molecule has 1 N–H and O–H groups in total. The first-order valence-corrected chi connectivity index (χ1v) is 10.5. The van der Waals surface area contributed by atoms with Crippen molar-refractivity contribution >= 4 is 10.0 Å². The quantitative estimate of drug-likeness (QED) is 0.554. The van der Waals surface area contributed by atoms with Gasteiger partial charge in [-0.2, -0.15) is 13.2 Å². The van der Waals surface area contributed by atoms with E-state index in [1.165, 1.54) is 19.2 Å². The van der Waals surface area contributed by atoms with Crippen LogP contribution in [0.5, 0.6) is 5.75 Å². The van der Waals surface area contributed by atoms with Crippen LogP contribution < -0.4 is 9.46 Å². The van der Waals surface area contributed by atoms with Crippen molar-refractivity contribution in [3.8, 4) is 5.75 Å². The summed E-state index contributed by atoms with van der Waals surface area (Å²) in [6.45, 7) is 4.68. The van der Waals surface area contributed by atoms with Crippen molar-refractivity contribution in [3.05, 3.63) is 71.8 Å². The molecule has 164 valence electrons. The Bertz CT molecular complexity index is 940. The minimum atomic E-state index is -4.62. The Kier molecular flexibility index (Phi) is 8.05. The van der Waals surface area contributed by atoms with E-state index in [0.717, 1.165) is 11.1 Å². The van der Waals surface area contributed by atoms with Crippen LogP contribution in [0.4, 0.5) is 13.2 Å². The van der Waals surface area contributed by atoms with E-state index < -0.39 is 34.2 Å². The zero-order valence-electron chi connectivity index (χ0n) is 16.7. The van der Waals surface area contributed by atoms with Crippen LogP contribution in [0, 0.1) is 6.92 Å². The monoisotopic (exact) mass is 443 g/mol. The standard InChI is InChI=1S/C21H24F3NO4S/c1-15-4-10-20(11-5-15)30(26,27)25-18(12-16(2)21(22,23)24)14-29-13-17-6-8-19(28-3)9-7-17/h4-11,18,25H,2,12-14H2,1,3H3/t18-/m0/s1. The fourth-order valence-corrected chi connectivity index (χ4v) is 3.81. The SMILES string of the molecule is C=C(C[C@@H](COCc1ccc(OC)cc1)NS(=O)(=O)c1ccc(C)cc1)C(F)(F)F. The lowest BCUT2D eigenvalue weighted by molar-refractivity contribution is -0.0947. The number of rotatable bonds is 10. The molecule has 2 rings (SSSR count). The molecule has 0 aliphatic carbocycles. The van der Waals surface area contributed by atoms with E-state index in [1.807, 2.05) is 0 Å². The summed E-state index contributed by atoms with van der Waals surface area (Å²) >= 11 is 0. The number of methoxy groups -OCH3 is 1. The molecule has 2 aromatic carbocycles. The number of aryl methyl sites for hydroxylation is 1. The van der Waals surface area contributed by atoms with E-state index in [9.17, 15) is 21.6 Å². The maximum absolute atomic E-state index is 12.9. The van der Waals surface area contributed by atoms with E-state index in [-0.39, 0.29) is 18.1 Å². The van der Waals surface area contributed by atoms with E-state index in [0.29, 0.717) is 5.75 Å². The van der Waals surface area contributed by atoms with Crippen LogP contribution >= 0.6 is 0 Å². The second-order valence-electron chi connectivity index (χ2n) is 6.80. The van der Waals surface area contributed by atoms with Gasteiger partial charge in [0.15, 0.2) is 0 Å². The Balaban J connectivity index is 2.09. The Hall–Kier alpha value is -2.36. The van der Waals surface area contributed by atoms with Crippen LogP contribution in [0.25, 0.3) is 0 Å². The maximum Gasteiger partial charge on any atom is 0.412 e.